The number of anilines is 1. The maximum absolute atomic E-state index is 12.3. The van der Waals surface area contributed by atoms with E-state index in [0.29, 0.717) is 11.4 Å². The number of rotatable bonds is 5. The molecule has 1 aliphatic rings. The molecule has 1 aromatic carbocycles. The Balaban J connectivity index is 2.10. The molecule has 0 aromatic heterocycles. The molecule has 1 heterocycles. The zero-order chi connectivity index (χ0) is 15.6. The number of hydrogen-bond acceptors (Lipinski definition) is 4. The van der Waals surface area contributed by atoms with Gasteiger partial charge in [0.05, 0.1) is 17.4 Å². The van der Waals surface area contributed by atoms with Gasteiger partial charge in [0.25, 0.3) is 0 Å². The molecule has 0 bridgehead atoms. The number of hydrogen-bond donors (Lipinski definition) is 1. The minimum atomic E-state index is -0.898. The molecule has 5 nitrogen and oxygen atoms in total. The number of nitrogens with zero attached hydrogens (tertiary/aromatic N) is 1. The Hall–Kier alpha value is -1.82. The summed E-state index contributed by atoms with van der Waals surface area (Å²) in [5.74, 6) is -1.04. The van der Waals surface area contributed by atoms with Crippen LogP contribution in [0.1, 0.15) is 24.0 Å². The normalized spacial score (nSPS) is 18.4. The molecule has 1 unspecified atom stereocenters. The van der Waals surface area contributed by atoms with E-state index >= 15 is 0 Å². The van der Waals surface area contributed by atoms with E-state index in [-0.39, 0.29) is 24.7 Å². The van der Waals surface area contributed by atoms with Crippen LogP contribution < -0.4 is 4.90 Å². The topological polar surface area (TPSA) is 74.7 Å². The average Bonchev–Trinajstić information content (AvgIpc) is 2.68. The van der Waals surface area contributed by atoms with Crippen molar-refractivity contribution in [3.05, 3.63) is 29.3 Å². The Morgan fingerprint density at radius 2 is 2.05 bits per heavy atom. The smallest absolute Gasteiger partial charge is 0.304 e. The van der Waals surface area contributed by atoms with Crippen molar-refractivity contribution in [2.75, 3.05) is 10.7 Å². The van der Waals surface area contributed by atoms with Gasteiger partial charge in [-0.3, -0.25) is 14.4 Å². The van der Waals surface area contributed by atoms with Gasteiger partial charge in [0.15, 0.2) is 0 Å². The Morgan fingerprint density at radius 1 is 1.33 bits per heavy atom. The summed E-state index contributed by atoms with van der Waals surface area (Å²) in [7, 11) is 0. The van der Waals surface area contributed by atoms with E-state index in [9.17, 15) is 14.4 Å². The third kappa shape index (κ3) is 3.44. The standard InChI is InChI=1S/C15H17NO4S/c1-9-3-4-11(7-10(9)2)16-13(17)8-12(15(16)20)21-6-5-14(18)19/h3-4,7,12H,5-6,8H2,1-2H3,(H,18,19). The van der Waals surface area contributed by atoms with Gasteiger partial charge < -0.3 is 5.11 Å². The third-order valence-electron chi connectivity index (χ3n) is 3.49. The zero-order valence-electron chi connectivity index (χ0n) is 12.0. The molecule has 1 fully saturated rings. The lowest BCUT2D eigenvalue weighted by Crippen LogP contribution is -2.31. The third-order valence-corrected chi connectivity index (χ3v) is 4.70. The van der Waals surface area contributed by atoms with Crippen molar-refractivity contribution in [2.45, 2.75) is 31.9 Å². The molecule has 2 rings (SSSR count). The number of aliphatic carboxylic acids is 1. The summed E-state index contributed by atoms with van der Waals surface area (Å²) >= 11 is 1.24. The molecule has 112 valence electrons. The zero-order valence-corrected chi connectivity index (χ0v) is 12.8. The molecule has 21 heavy (non-hydrogen) atoms. The van der Waals surface area contributed by atoms with Crippen LogP contribution in [-0.2, 0) is 14.4 Å². The fourth-order valence-corrected chi connectivity index (χ4v) is 3.24. The van der Waals surface area contributed by atoms with Crippen LogP contribution in [0.15, 0.2) is 18.2 Å². The van der Waals surface area contributed by atoms with Gasteiger partial charge in [-0.15, -0.1) is 11.8 Å². The van der Waals surface area contributed by atoms with Gasteiger partial charge in [-0.1, -0.05) is 6.07 Å². The van der Waals surface area contributed by atoms with Gasteiger partial charge in [-0.25, -0.2) is 4.90 Å². The van der Waals surface area contributed by atoms with Crippen molar-refractivity contribution in [3.8, 4) is 0 Å². The van der Waals surface area contributed by atoms with E-state index < -0.39 is 11.2 Å². The second-order valence-corrected chi connectivity index (χ2v) is 6.35. The number of carbonyl (C=O) groups excluding carboxylic acids is 2. The minimum absolute atomic E-state index is 0.00766. The molecule has 1 aromatic rings. The quantitative estimate of drug-likeness (QED) is 0.844. The van der Waals surface area contributed by atoms with Gasteiger partial charge in [0.2, 0.25) is 11.8 Å². The van der Waals surface area contributed by atoms with Crippen molar-refractivity contribution >= 4 is 35.2 Å². The van der Waals surface area contributed by atoms with Crippen LogP contribution in [0.5, 0.6) is 0 Å². The van der Waals surface area contributed by atoms with Crippen LogP contribution in [-0.4, -0.2) is 33.9 Å². The number of carboxylic acid groups (broad SMARTS) is 1. The van der Waals surface area contributed by atoms with E-state index in [1.165, 1.54) is 16.7 Å². The van der Waals surface area contributed by atoms with Crippen molar-refractivity contribution < 1.29 is 19.5 Å². The van der Waals surface area contributed by atoms with Crippen LogP contribution in [0.4, 0.5) is 5.69 Å². The first-order valence-corrected chi connectivity index (χ1v) is 7.72. The van der Waals surface area contributed by atoms with Gasteiger partial charge in [0, 0.05) is 12.2 Å². The van der Waals surface area contributed by atoms with Crippen LogP contribution in [0.3, 0.4) is 0 Å². The van der Waals surface area contributed by atoms with Crippen LogP contribution >= 0.6 is 11.8 Å². The van der Waals surface area contributed by atoms with Crippen molar-refractivity contribution in [1.29, 1.82) is 0 Å². The number of thioether (sulfide) groups is 1. The highest BCUT2D eigenvalue weighted by Crippen LogP contribution is 2.30. The summed E-state index contributed by atoms with van der Waals surface area (Å²) in [4.78, 5) is 36.1. The monoisotopic (exact) mass is 307 g/mol. The molecule has 1 saturated heterocycles. The Kier molecular flexibility index (Phi) is 4.67. The van der Waals surface area contributed by atoms with Crippen molar-refractivity contribution in [3.63, 3.8) is 0 Å². The van der Waals surface area contributed by atoms with Crippen molar-refractivity contribution in [1.82, 2.24) is 0 Å². The second-order valence-electron chi connectivity index (χ2n) is 5.04. The van der Waals surface area contributed by atoms with E-state index in [0.717, 1.165) is 11.1 Å². The molecule has 6 heteroatoms. The molecule has 0 aliphatic carbocycles. The largest absolute Gasteiger partial charge is 0.481 e. The molecule has 0 saturated carbocycles. The van der Waals surface area contributed by atoms with Crippen molar-refractivity contribution in [2.24, 2.45) is 0 Å². The number of aryl methyl sites for hydroxylation is 2. The predicted molar refractivity (Wildman–Crippen MR) is 81.5 cm³/mol. The van der Waals surface area contributed by atoms with E-state index in [2.05, 4.69) is 0 Å². The summed E-state index contributed by atoms with van der Waals surface area (Å²) in [5.41, 5.74) is 2.72. The lowest BCUT2D eigenvalue weighted by Gasteiger charge is -2.16. The molecular weight excluding hydrogens is 290 g/mol. The first kappa shape index (κ1) is 15.6. The summed E-state index contributed by atoms with van der Waals surface area (Å²) in [6.07, 6.45) is 0.127. The van der Waals surface area contributed by atoms with Crippen LogP contribution in [0.2, 0.25) is 0 Å². The molecule has 1 aliphatic heterocycles. The Morgan fingerprint density at radius 3 is 2.67 bits per heavy atom. The Labute approximate surface area is 127 Å². The molecule has 1 atom stereocenters. The number of imide groups is 1. The summed E-state index contributed by atoms with van der Waals surface area (Å²) in [6, 6.07) is 5.48. The van der Waals surface area contributed by atoms with Crippen LogP contribution in [0, 0.1) is 13.8 Å². The molecule has 2 amide bonds. The van der Waals surface area contributed by atoms with E-state index in [1.807, 2.05) is 26.0 Å². The SMILES string of the molecule is Cc1ccc(N2C(=O)CC(SCCC(=O)O)C2=O)cc1C. The Bertz CT molecular complexity index is 599. The van der Waals surface area contributed by atoms with Crippen LogP contribution in [0.25, 0.3) is 0 Å². The minimum Gasteiger partial charge on any atom is -0.481 e. The highest BCUT2D eigenvalue weighted by atomic mass is 32.2. The lowest BCUT2D eigenvalue weighted by molar-refractivity contribution is -0.136. The molecule has 0 radical (unpaired) electrons. The highest BCUT2D eigenvalue weighted by molar-refractivity contribution is 8.00. The number of benzene rings is 1. The molecule has 0 spiro atoms. The molecular formula is C15H17NO4S. The predicted octanol–water partition coefficient (Wildman–Crippen LogP) is 2.14. The summed E-state index contributed by atoms with van der Waals surface area (Å²) in [5, 5.41) is 8.14. The highest BCUT2D eigenvalue weighted by Gasteiger charge is 2.39. The number of amides is 2. The molecule has 1 N–H and O–H groups in total. The van der Waals surface area contributed by atoms with Gasteiger partial charge in [-0.2, -0.15) is 0 Å². The van der Waals surface area contributed by atoms with Gasteiger partial charge in [0.1, 0.15) is 0 Å². The van der Waals surface area contributed by atoms with E-state index in [4.69, 9.17) is 5.11 Å². The fourth-order valence-electron chi connectivity index (χ4n) is 2.16. The summed E-state index contributed by atoms with van der Waals surface area (Å²) in [6.45, 7) is 3.90. The van der Waals surface area contributed by atoms with Gasteiger partial charge >= 0.3 is 5.97 Å². The second kappa shape index (κ2) is 6.30. The fraction of sp³-hybridized carbons (Fsp3) is 0.400. The lowest BCUT2D eigenvalue weighted by atomic mass is 10.1. The van der Waals surface area contributed by atoms with Gasteiger partial charge in [-0.05, 0) is 37.1 Å². The summed E-state index contributed by atoms with van der Waals surface area (Å²) < 4.78 is 0. The first-order valence-electron chi connectivity index (χ1n) is 6.67. The van der Waals surface area contributed by atoms with E-state index in [1.54, 1.807) is 6.07 Å². The maximum atomic E-state index is 12.3. The number of carboxylic acids is 1. The first-order chi connectivity index (χ1) is 9.90. The average molecular weight is 307 g/mol. The number of carbonyl (C=O) groups is 3. The maximum Gasteiger partial charge on any atom is 0.304 e.